The van der Waals surface area contributed by atoms with E-state index < -0.39 is 0 Å². The van der Waals surface area contributed by atoms with Gasteiger partial charge in [-0.1, -0.05) is 194 Å². The van der Waals surface area contributed by atoms with E-state index in [2.05, 4.69) is 13.8 Å². The summed E-state index contributed by atoms with van der Waals surface area (Å²) in [5.41, 5.74) is 0. The molecule has 0 saturated carbocycles. The number of hydrogen-bond acceptors (Lipinski definition) is 3. The Hall–Kier alpha value is 0.439. The van der Waals surface area contributed by atoms with Crippen LogP contribution < -0.4 is 0 Å². The van der Waals surface area contributed by atoms with Crippen LogP contribution in [0.4, 0.5) is 0 Å². The summed E-state index contributed by atoms with van der Waals surface area (Å²) >= 11 is 0. The first-order valence-electron chi connectivity index (χ1n) is 17.9. The topological polar surface area (TPSA) is 43.4 Å². The Morgan fingerprint density at radius 1 is 0.341 bits per heavy atom. The predicted octanol–water partition coefficient (Wildman–Crippen LogP) is 10.5. The van der Waals surface area contributed by atoms with Crippen molar-refractivity contribution in [2.75, 3.05) is 0 Å². The summed E-state index contributed by atoms with van der Waals surface area (Å²) in [5.74, 6) is -0.647. The lowest BCUT2D eigenvalue weighted by atomic mass is 10.0. The SMILES string of the molecule is CCCCCCCCCCCCCCCCCC(=O)OC(=O)CCCCCCCCCCCCCCCCC.[AlH3].[MgH2]. The molecule has 0 bridgehead atoms. The van der Waals surface area contributed by atoms with Crippen molar-refractivity contribution in [1.82, 2.24) is 0 Å². The molecule has 0 aliphatic carbocycles. The van der Waals surface area contributed by atoms with Gasteiger partial charge in [-0.3, -0.25) is 9.59 Å². The Labute approximate surface area is 284 Å². The summed E-state index contributed by atoms with van der Waals surface area (Å²) < 4.78 is 5.01. The van der Waals surface area contributed by atoms with Crippen LogP contribution in [0.2, 0.25) is 0 Å². The van der Waals surface area contributed by atoms with Gasteiger partial charge in [-0.2, -0.15) is 0 Å². The average Bonchev–Trinajstić information content (AvgIpc) is 2.93. The standard InChI is InChI=1S/C36H70O3.Al.Mg.5H/c1-3-5-7-9-11-13-15-17-19-21-23-25-27-29-31-33-35(37)39-36(38)34-32-30-28-26-24-22-20-18-16-14-12-10-8-6-4-2;;;;;;;/h3-34H2,1-2H3;;;;;;;. The van der Waals surface area contributed by atoms with Gasteiger partial charge in [-0.15, -0.1) is 0 Å². The molecule has 0 aliphatic heterocycles. The molecule has 0 spiro atoms. The zero-order valence-corrected chi connectivity index (χ0v) is 26.9. The van der Waals surface area contributed by atoms with Crippen LogP contribution in [0.5, 0.6) is 0 Å². The van der Waals surface area contributed by atoms with Gasteiger partial charge in [0.1, 0.15) is 0 Å². The van der Waals surface area contributed by atoms with E-state index in [9.17, 15) is 9.59 Å². The van der Waals surface area contributed by atoms with Crippen molar-refractivity contribution >= 4 is 52.4 Å². The molecule has 0 radical (unpaired) electrons. The van der Waals surface area contributed by atoms with Gasteiger partial charge in [0.25, 0.3) is 0 Å². The highest BCUT2D eigenvalue weighted by atomic mass is 27.0. The van der Waals surface area contributed by atoms with Gasteiger partial charge in [0.15, 0.2) is 17.4 Å². The molecular weight excluding hydrogens is 532 g/mol. The summed E-state index contributed by atoms with van der Waals surface area (Å²) in [6, 6.07) is 0. The fraction of sp³-hybridized carbons (Fsp3) is 0.944. The summed E-state index contributed by atoms with van der Waals surface area (Å²) in [5, 5.41) is 0. The molecule has 0 saturated heterocycles. The van der Waals surface area contributed by atoms with Gasteiger partial charge in [0.2, 0.25) is 0 Å². The van der Waals surface area contributed by atoms with E-state index in [0.29, 0.717) is 12.8 Å². The highest BCUT2D eigenvalue weighted by Gasteiger charge is 2.10. The Balaban J connectivity index is -0.00000722. The lowest BCUT2D eigenvalue weighted by Crippen LogP contribution is -2.11. The Bertz CT molecular complexity index is 471. The lowest BCUT2D eigenvalue weighted by Gasteiger charge is -2.05. The van der Waals surface area contributed by atoms with Crippen LogP contribution in [-0.4, -0.2) is 52.4 Å². The maximum atomic E-state index is 11.9. The normalized spacial score (nSPS) is 10.7. The minimum Gasteiger partial charge on any atom is -0.393 e. The van der Waals surface area contributed by atoms with Crippen molar-refractivity contribution in [2.45, 2.75) is 219 Å². The van der Waals surface area contributed by atoms with Crippen LogP contribution >= 0.6 is 0 Å². The summed E-state index contributed by atoms with van der Waals surface area (Å²) in [6.45, 7) is 4.55. The van der Waals surface area contributed by atoms with Gasteiger partial charge in [0.05, 0.1) is 0 Å². The molecular formula is C36H75AlMgO3. The second kappa shape index (κ2) is 40.4. The number of carbonyl (C=O) groups is 2. The fourth-order valence-corrected chi connectivity index (χ4v) is 5.51. The first kappa shape index (κ1) is 45.9. The van der Waals surface area contributed by atoms with Gasteiger partial charge in [0, 0.05) is 12.8 Å². The first-order chi connectivity index (χ1) is 19.2. The van der Waals surface area contributed by atoms with Crippen molar-refractivity contribution in [1.29, 1.82) is 0 Å². The third-order valence-electron chi connectivity index (χ3n) is 8.20. The van der Waals surface area contributed by atoms with E-state index in [4.69, 9.17) is 4.74 Å². The zero-order chi connectivity index (χ0) is 28.5. The average molecular weight is 607 g/mol. The molecule has 0 unspecified atom stereocenters. The van der Waals surface area contributed by atoms with E-state index in [1.165, 1.54) is 167 Å². The third-order valence-corrected chi connectivity index (χ3v) is 8.20. The monoisotopic (exact) mass is 607 g/mol. The van der Waals surface area contributed by atoms with Gasteiger partial charge >= 0.3 is 35.0 Å². The molecule has 0 heterocycles. The molecule has 0 aliphatic rings. The number of carbonyl (C=O) groups excluding carboxylic acids is 2. The van der Waals surface area contributed by atoms with Crippen LogP contribution in [0, 0.1) is 0 Å². The Kier molecular flexibility index (Phi) is 45.2. The largest absolute Gasteiger partial charge is 0.393 e. The van der Waals surface area contributed by atoms with Crippen molar-refractivity contribution in [3.05, 3.63) is 0 Å². The van der Waals surface area contributed by atoms with Crippen molar-refractivity contribution in [3.63, 3.8) is 0 Å². The van der Waals surface area contributed by atoms with E-state index in [0.717, 1.165) is 25.7 Å². The van der Waals surface area contributed by atoms with Crippen molar-refractivity contribution in [3.8, 4) is 0 Å². The molecule has 0 amide bonds. The summed E-state index contributed by atoms with van der Waals surface area (Å²) in [7, 11) is 0. The third kappa shape index (κ3) is 40.4. The second-order valence-corrected chi connectivity index (χ2v) is 12.2. The Morgan fingerprint density at radius 3 is 0.707 bits per heavy atom. The molecule has 0 fully saturated rings. The Morgan fingerprint density at radius 2 is 0.512 bits per heavy atom. The lowest BCUT2D eigenvalue weighted by molar-refractivity contribution is -0.159. The van der Waals surface area contributed by atoms with Crippen LogP contribution in [0.1, 0.15) is 219 Å². The highest BCUT2D eigenvalue weighted by Crippen LogP contribution is 2.15. The molecule has 0 atom stereocenters. The molecule has 41 heavy (non-hydrogen) atoms. The second-order valence-electron chi connectivity index (χ2n) is 12.2. The van der Waals surface area contributed by atoms with E-state index in [-0.39, 0.29) is 52.4 Å². The smallest absolute Gasteiger partial charge is 0.316 e. The van der Waals surface area contributed by atoms with Crippen LogP contribution in [0.3, 0.4) is 0 Å². The minimum atomic E-state index is -0.323. The van der Waals surface area contributed by atoms with E-state index in [1.54, 1.807) is 0 Å². The molecule has 0 aromatic heterocycles. The molecule has 3 nitrogen and oxygen atoms in total. The van der Waals surface area contributed by atoms with Crippen molar-refractivity contribution < 1.29 is 14.3 Å². The van der Waals surface area contributed by atoms with Gasteiger partial charge < -0.3 is 4.74 Å². The number of rotatable bonds is 32. The number of ether oxygens (including phenoxy) is 1. The number of hydrogen-bond donors (Lipinski definition) is 0. The molecule has 0 N–H and O–H groups in total. The molecule has 0 aromatic rings. The van der Waals surface area contributed by atoms with Crippen LogP contribution in [0.25, 0.3) is 0 Å². The van der Waals surface area contributed by atoms with Crippen molar-refractivity contribution in [2.24, 2.45) is 0 Å². The first-order valence-corrected chi connectivity index (χ1v) is 17.9. The minimum absolute atomic E-state index is 0. The quantitative estimate of drug-likeness (QED) is 0.0331. The molecule has 5 heteroatoms. The van der Waals surface area contributed by atoms with Gasteiger partial charge in [-0.05, 0) is 12.8 Å². The highest BCUT2D eigenvalue weighted by molar-refractivity contribution is 5.85. The molecule has 0 aromatic carbocycles. The van der Waals surface area contributed by atoms with Crippen LogP contribution in [0.15, 0.2) is 0 Å². The fourth-order valence-electron chi connectivity index (χ4n) is 5.51. The summed E-state index contributed by atoms with van der Waals surface area (Å²) in [4.78, 5) is 23.8. The number of esters is 2. The maximum Gasteiger partial charge on any atom is 0.316 e. The van der Waals surface area contributed by atoms with E-state index >= 15 is 0 Å². The predicted molar refractivity (Wildman–Crippen MR) is 189 cm³/mol. The van der Waals surface area contributed by atoms with Crippen LogP contribution in [-0.2, 0) is 14.3 Å². The number of unbranched alkanes of at least 4 members (excludes halogenated alkanes) is 28. The zero-order valence-electron chi connectivity index (χ0n) is 26.9. The van der Waals surface area contributed by atoms with Gasteiger partial charge in [-0.25, -0.2) is 0 Å². The molecule has 242 valence electrons. The summed E-state index contributed by atoms with van der Waals surface area (Å²) in [6.07, 6.45) is 40.1. The molecule has 0 rings (SSSR count). The maximum absolute atomic E-state index is 11.9. The van der Waals surface area contributed by atoms with E-state index in [1.807, 2.05) is 0 Å².